The summed E-state index contributed by atoms with van der Waals surface area (Å²) in [5, 5.41) is 8.95. The minimum absolute atomic E-state index is 0.296. The van der Waals surface area contributed by atoms with Gasteiger partial charge in [-0.15, -0.1) is 0 Å². The minimum atomic E-state index is -1.47. The average molecular weight is 513 g/mol. The van der Waals surface area contributed by atoms with E-state index in [2.05, 4.69) is 20.7 Å². The van der Waals surface area contributed by atoms with Crippen LogP contribution in [0.25, 0.3) is 16.9 Å². The Bertz CT molecular complexity index is 1510. The Morgan fingerprint density at radius 3 is 2.26 bits per heavy atom. The summed E-state index contributed by atoms with van der Waals surface area (Å²) >= 11 is 0. The van der Waals surface area contributed by atoms with Gasteiger partial charge in [-0.2, -0.15) is 5.10 Å². The second kappa shape index (κ2) is 9.11. The molecule has 1 spiro atoms. The zero-order valence-corrected chi connectivity index (χ0v) is 19.9. The molecule has 6 rings (SSSR count). The number of aromatic nitrogens is 3. The van der Waals surface area contributed by atoms with E-state index >= 15 is 0 Å². The van der Waals surface area contributed by atoms with Crippen LogP contribution in [0.5, 0.6) is 11.6 Å². The molecule has 38 heavy (non-hydrogen) atoms. The molecule has 0 aliphatic carbocycles. The van der Waals surface area contributed by atoms with Crippen LogP contribution < -0.4 is 20.3 Å². The number of halogens is 1. The third kappa shape index (κ3) is 4.03. The maximum Gasteiger partial charge on any atom is 0.328 e. The van der Waals surface area contributed by atoms with Crippen LogP contribution >= 0.6 is 0 Å². The normalized spacial score (nSPS) is 16.4. The highest BCUT2D eigenvalue weighted by Crippen LogP contribution is 2.36. The van der Waals surface area contributed by atoms with Crippen LogP contribution in [0.4, 0.5) is 14.9 Å². The number of nitrogens with one attached hydrogen (secondary N) is 2. The minimum Gasteiger partial charge on any atom is -0.439 e. The van der Waals surface area contributed by atoms with Crippen LogP contribution in [0.3, 0.4) is 0 Å². The monoisotopic (exact) mass is 512 g/mol. The van der Waals surface area contributed by atoms with Crippen molar-refractivity contribution in [3.63, 3.8) is 0 Å². The first-order chi connectivity index (χ1) is 18.4. The quantitative estimate of drug-likeness (QED) is 0.393. The second-order valence-corrected chi connectivity index (χ2v) is 8.96. The first-order valence-corrected chi connectivity index (χ1v) is 11.9. The number of anilines is 1. The molecule has 4 heterocycles. The second-order valence-electron chi connectivity index (χ2n) is 8.96. The third-order valence-corrected chi connectivity index (χ3v) is 6.67. The maximum atomic E-state index is 13.2. The number of nitrogens with zero attached hydrogens (tertiary/aromatic N) is 4. The van der Waals surface area contributed by atoms with Gasteiger partial charge in [0, 0.05) is 24.4 Å². The number of barbiturate groups is 1. The van der Waals surface area contributed by atoms with Crippen molar-refractivity contribution in [1.82, 2.24) is 25.4 Å². The average Bonchev–Trinajstić information content (AvgIpc) is 3.58. The van der Waals surface area contributed by atoms with E-state index in [0.717, 1.165) is 16.9 Å². The van der Waals surface area contributed by atoms with Crippen molar-refractivity contribution in [2.45, 2.75) is 18.4 Å². The predicted octanol–water partition coefficient (Wildman–Crippen LogP) is 3.57. The van der Waals surface area contributed by atoms with Crippen molar-refractivity contribution >= 4 is 23.5 Å². The Kier molecular flexibility index (Phi) is 5.60. The van der Waals surface area contributed by atoms with Crippen LogP contribution in [0, 0.1) is 5.82 Å². The fraction of sp³-hybridized carbons (Fsp3) is 0.148. The number of pyridine rings is 1. The fourth-order valence-electron chi connectivity index (χ4n) is 4.81. The number of ether oxygens (including phenoxy) is 1. The van der Waals surface area contributed by atoms with Crippen LogP contribution in [0.2, 0.25) is 0 Å². The molecule has 2 aromatic carbocycles. The number of hydrogen-bond acceptors (Lipinski definition) is 7. The Morgan fingerprint density at radius 1 is 0.868 bits per heavy atom. The smallest absolute Gasteiger partial charge is 0.328 e. The molecular weight excluding hydrogens is 491 g/mol. The number of carbonyl (C=O) groups is 3. The Balaban J connectivity index is 1.15. The zero-order valence-electron chi connectivity index (χ0n) is 19.9. The summed E-state index contributed by atoms with van der Waals surface area (Å²) in [6, 6.07) is 17.9. The summed E-state index contributed by atoms with van der Waals surface area (Å²) in [4.78, 5) is 42.8. The third-order valence-electron chi connectivity index (χ3n) is 6.67. The van der Waals surface area contributed by atoms with Crippen molar-refractivity contribution in [3.8, 4) is 28.6 Å². The lowest BCUT2D eigenvalue weighted by atomic mass is 9.92. The molecule has 2 N–H and O–H groups in total. The van der Waals surface area contributed by atoms with Crippen LogP contribution in [0.1, 0.15) is 12.8 Å². The van der Waals surface area contributed by atoms with Crippen molar-refractivity contribution < 1.29 is 23.5 Å². The lowest BCUT2D eigenvalue weighted by Crippen LogP contribution is -2.71. The van der Waals surface area contributed by atoms with E-state index in [1.165, 1.54) is 18.3 Å². The van der Waals surface area contributed by atoms with Crippen molar-refractivity contribution in [1.29, 1.82) is 0 Å². The van der Waals surface area contributed by atoms with Crippen LogP contribution in [-0.4, -0.2) is 44.7 Å². The van der Waals surface area contributed by atoms with Crippen molar-refractivity contribution in [2.75, 3.05) is 11.4 Å². The van der Waals surface area contributed by atoms with E-state index in [-0.39, 0.29) is 5.82 Å². The van der Waals surface area contributed by atoms with Gasteiger partial charge in [0.2, 0.25) is 5.88 Å². The van der Waals surface area contributed by atoms with Crippen molar-refractivity contribution in [2.24, 2.45) is 0 Å². The maximum absolute atomic E-state index is 13.2. The molecule has 0 bridgehead atoms. The Labute approximate surface area is 216 Å². The van der Waals surface area contributed by atoms with E-state index in [1.54, 1.807) is 52.2 Å². The van der Waals surface area contributed by atoms with Gasteiger partial charge in [0.1, 0.15) is 11.6 Å². The fourth-order valence-corrected chi connectivity index (χ4v) is 4.81. The highest BCUT2D eigenvalue weighted by atomic mass is 19.1. The molecule has 2 aromatic heterocycles. The summed E-state index contributed by atoms with van der Waals surface area (Å²) in [7, 11) is 0. The lowest BCUT2D eigenvalue weighted by molar-refractivity contribution is -0.137. The van der Waals surface area contributed by atoms with Gasteiger partial charge in [-0.3, -0.25) is 20.2 Å². The Hall–Kier alpha value is -5.06. The number of imide groups is 2. The topological polar surface area (TPSA) is 118 Å². The standard InChI is InChI=1S/C27H21FN6O4/c28-18-4-6-19(7-5-18)34-15-12-22(32-34)17-2-9-21(10-3-17)38-23-11-8-20(16-29-23)33-14-1-13-27(33)24(35)30-26(37)31-25(27)36/h2-12,15-16H,1,13-14H2,(H2,30,31,35,36,37). The molecule has 0 saturated carbocycles. The SMILES string of the molecule is O=C1NC(=O)C2(CCCN2c2ccc(Oc3ccc(-c4ccn(-c5ccc(F)cc5)n4)cc3)nc2)C(=O)N1. The molecule has 190 valence electrons. The van der Waals surface area contributed by atoms with E-state index < -0.39 is 23.4 Å². The molecule has 0 radical (unpaired) electrons. The molecule has 2 aliphatic rings. The van der Waals surface area contributed by atoms with E-state index in [4.69, 9.17) is 4.74 Å². The van der Waals surface area contributed by atoms with Gasteiger partial charge in [-0.25, -0.2) is 18.9 Å². The summed E-state index contributed by atoms with van der Waals surface area (Å²) in [5.41, 5.74) is 1.48. The molecule has 10 nitrogen and oxygen atoms in total. The summed E-state index contributed by atoms with van der Waals surface area (Å²) in [5.74, 6) is -0.668. The highest BCUT2D eigenvalue weighted by molar-refractivity contribution is 6.24. The van der Waals surface area contributed by atoms with Gasteiger partial charge in [0.05, 0.1) is 23.3 Å². The van der Waals surface area contributed by atoms with Crippen LogP contribution in [0.15, 0.2) is 79.1 Å². The van der Waals surface area contributed by atoms with Gasteiger partial charge in [-0.05, 0) is 73.5 Å². The summed E-state index contributed by atoms with van der Waals surface area (Å²) < 4.78 is 20.7. The van der Waals surface area contributed by atoms with E-state index in [0.29, 0.717) is 36.7 Å². The number of rotatable bonds is 5. The number of urea groups is 1. The molecule has 2 saturated heterocycles. The van der Waals surface area contributed by atoms with Gasteiger partial charge in [0.25, 0.3) is 11.8 Å². The number of amides is 4. The molecule has 4 aromatic rings. The molecule has 11 heteroatoms. The first-order valence-electron chi connectivity index (χ1n) is 11.9. The molecule has 2 fully saturated rings. The van der Waals surface area contributed by atoms with Gasteiger partial charge < -0.3 is 9.64 Å². The predicted molar refractivity (Wildman–Crippen MR) is 134 cm³/mol. The van der Waals surface area contributed by atoms with Crippen LogP contribution in [-0.2, 0) is 9.59 Å². The van der Waals surface area contributed by atoms with E-state index in [9.17, 15) is 18.8 Å². The lowest BCUT2D eigenvalue weighted by Gasteiger charge is -2.38. The largest absolute Gasteiger partial charge is 0.439 e. The molecular formula is C27H21FN6O4. The molecule has 0 atom stereocenters. The number of benzene rings is 2. The Morgan fingerprint density at radius 2 is 1.58 bits per heavy atom. The summed E-state index contributed by atoms with van der Waals surface area (Å²) in [6.45, 7) is 0.468. The van der Waals surface area contributed by atoms with Gasteiger partial charge in [0.15, 0.2) is 5.54 Å². The van der Waals surface area contributed by atoms with Crippen molar-refractivity contribution in [3.05, 3.63) is 84.9 Å². The molecule has 2 aliphatic heterocycles. The van der Waals surface area contributed by atoms with Gasteiger partial charge in [-0.1, -0.05) is 0 Å². The number of hydrogen-bond donors (Lipinski definition) is 2. The van der Waals surface area contributed by atoms with Gasteiger partial charge >= 0.3 is 6.03 Å². The molecule has 4 amide bonds. The zero-order chi connectivity index (χ0) is 26.3. The summed E-state index contributed by atoms with van der Waals surface area (Å²) in [6.07, 6.45) is 4.25. The highest BCUT2D eigenvalue weighted by Gasteiger charge is 2.57. The molecule has 0 unspecified atom stereocenters. The van der Waals surface area contributed by atoms with E-state index in [1.807, 2.05) is 18.2 Å². The number of carbonyl (C=O) groups excluding carboxylic acids is 3. The first kappa shape index (κ1) is 23.3.